The van der Waals surface area contributed by atoms with Gasteiger partial charge in [0.25, 0.3) is 0 Å². The normalized spacial score (nSPS) is 10.4. The first kappa shape index (κ1) is 12.8. The summed E-state index contributed by atoms with van der Waals surface area (Å²) in [5, 5.41) is 17.8. The molecule has 1 aromatic heterocycles. The van der Waals surface area contributed by atoms with E-state index in [9.17, 15) is 9.59 Å². The fraction of sp³-hybridized carbons (Fsp3) is 0.154. The second kappa shape index (κ2) is 4.56. The van der Waals surface area contributed by atoms with Gasteiger partial charge in [0.05, 0.1) is 0 Å². The molecule has 6 heteroatoms. The molecular formula is C13H11NO5. The minimum atomic E-state index is -1.46. The van der Waals surface area contributed by atoms with Crippen LogP contribution in [0, 0.1) is 13.8 Å². The minimum Gasteiger partial charge on any atom is -0.476 e. The molecule has 0 bridgehead atoms. The van der Waals surface area contributed by atoms with Gasteiger partial charge in [-0.05, 0) is 25.0 Å². The SMILES string of the molecule is Cc1cccc(C)c1-c1nc(C(=O)O)c(C(=O)O)o1. The third kappa shape index (κ3) is 2.20. The summed E-state index contributed by atoms with van der Waals surface area (Å²) >= 11 is 0. The van der Waals surface area contributed by atoms with Crippen molar-refractivity contribution in [1.82, 2.24) is 4.98 Å². The van der Waals surface area contributed by atoms with Crippen molar-refractivity contribution in [3.63, 3.8) is 0 Å². The van der Waals surface area contributed by atoms with E-state index in [1.807, 2.05) is 32.0 Å². The second-order valence-electron chi connectivity index (χ2n) is 4.07. The van der Waals surface area contributed by atoms with E-state index >= 15 is 0 Å². The number of hydrogen-bond acceptors (Lipinski definition) is 4. The molecule has 98 valence electrons. The number of oxazole rings is 1. The Morgan fingerprint density at radius 1 is 1.11 bits per heavy atom. The Kier molecular flexibility index (Phi) is 3.08. The Morgan fingerprint density at radius 3 is 2.11 bits per heavy atom. The molecule has 2 rings (SSSR count). The highest BCUT2D eigenvalue weighted by molar-refractivity contribution is 5.98. The lowest BCUT2D eigenvalue weighted by Crippen LogP contribution is -2.05. The van der Waals surface area contributed by atoms with Crippen LogP contribution in [0.4, 0.5) is 0 Å². The summed E-state index contributed by atoms with van der Waals surface area (Å²) in [6, 6.07) is 5.47. The topological polar surface area (TPSA) is 101 Å². The van der Waals surface area contributed by atoms with Crippen molar-refractivity contribution in [1.29, 1.82) is 0 Å². The maximum Gasteiger partial charge on any atom is 0.374 e. The molecule has 0 saturated carbocycles. The standard InChI is InChI=1S/C13H11NO5/c1-6-4-3-5-7(2)8(6)11-14-9(12(15)16)10(19-11)13(17)18/h3-5H,1-2H3,(H,15,16)(H,17,18). The molecule has 0 saturated heterocycles. The molecule has 0 aliphatic heterocycles. The molecule has 0 fully saturated rings. The first-order valence-electron chi connectivity index (χ1n) is 5.45. The van der Waals surface area contributed by atoms with E-state index in [-0.39, 0.29) is 5.89 Å². The van der Waals surface area contributed by atoms with Crippen LogP contribution in [0.2, 0.25) is 0 Å². The lowest BCUT2D eigenvalue weighted by molar-refractivity contribution is 0.0624. The van der Waals surface area contributed by atoms with Gasteiger partial charge in [-0.3, -0.25) is 0 Å². The first-order valence-corrected chi connectivity index (χ1v) is 5.45. The van der Waals surface area contributed by atoms with E-state index in [0.29, 0.717) is 5.56 Å². The Hall–Kier alpha value is -2.63. The summed E-state index contributed by atoms with van der Waals surface area (Å²) < 4.78 is 5.09. The number of nitrogens with zero attached hydrogens (tertiary/aromatic N) is 1. The van der Waals surface area contributed by atoms with Crippen LogP contribution in [0.3, 0.4) is 0 Å². The Labute approximate surface area is 108 Å². The molecule has 0 atom stereocenters. The van der Waals surface area contributed by atoms with Crippen molar-refractivity contribution in [2.45, 2.75) is 13.8 Å². The second-order valence-corrected chi connectivity index (χ2v) is 4.07. The average molecular weight is 261 g/mol. The number of aromatic carboxylic acids is 2. The molecule has 0 aliphatic rings. The molecule has 6 nitrogen and oxygen atoms in total. The van der Waals surface area contributed by atoms with Crippen molar-refractivity contribution in [2.75, 3.05) is 0 Å². The average Bonchev–Trinajstić information content (AvgIpc) is 2.73. The van der Waals surface area contributed by atoms with Gasteiger partial charge in [-0.2, -0.15) is 0 Å². The zero-order valence-electron chi connectivity index (χ0n) is 10.3. The van der Waals surface area contributed by atoms with Crippen LogP contribution in [-0.4, -0.2) is 27.1 Å². The number of carboxylic acids is 2. The quantitative estimate of drug-likeness (QED) is 0.879. The Morgan fingerprint density at radius 2 is 1.68 bits per heavy atom. The molecule has 0 radical (unpaired) electrons. The number of benzene rings is 1. The van der Waals surface area contributed by atoms with Gasteiger partial charge in [0.1, 0.15) is 0 Å². The highest BCUT2D eigenvalue weighted by Crippen LogP contribution is 2.28. The lowest BCUT2D eigenvalue weighted by Gasteiger charge is -2.04. The zero-order valence-corrected chi connectivity index (χ0v) is 10.3. The van der Waals surface area contributed by atoms with Crippen molar-refractivity contribution in [2.24, 2.45) is 0 Å². The summed E-state index contributed by atoms with van der Waals surface area (Å²) in [5.41, 5.74) is 1.67. The van der Waals surface area contributed by atoms with E-state index in [1.54, 1.807) is 0 Å². The van der Waals surface area contributed by atoms with Gasteiger partial charge in [-0.1, -0.05) is 18.2 Å². The van der Waals surface area contributed by atoms with Gasteiger partial charge >= 0.3 is 11.9 Å². The van der Waals surface area contributed by atoms with Crippen molar-refractivity contribution >= 4 is 11.9 Å². The third-order valence-corrected chi connectivity index (χ3v) is 2.72. The highest BCUT2D eigenvalue weighted by Gasteiger charge is 2.26. The zero-order chi connectivity index (χ0) is 14.2. The van der Waals surface area contributed by atoms with Gasteiger partial charge in [-0.15, -0.1) is 0 Å². The summed E-state index contributed by atoms with van der Waals surface area (Å²) in [6.45, 7) is 3.63. The summed E-state index contributed by atoms with van der Waals surface area (Å²) in [4.78, 5) is 25.7. The van der Waals surface area contributed by atoms with E-state index in [0.717, 1.165) is 11.1 Å². The maximum atomic E-state index is 11.0. The lowest BCUT2D eigenvalue weighted by atomic mass is 10.0. The number of aryl methyl sites for hydroxylation is 2. The Balaban J connectivity index is 2.68. The predicted molar refractivity (Wildman–Crippen MR) is 65.3 cm³/mol. The van der Waals surface area contributed by atoms with Gasteiger partial charge in [0.15, 0.2) is 0 Å². The minimum absolute atomic E-state index is 0.00500. The van der Waals surface area contributed by atoms with Crippen LogP contribution >= 0.6 is 0 Å². The first-order chi connectivity index (χ1) is 8.91. The smallest absolute Gasteiger partial charge is 0.374 e. The van der Waals surface area contributed by atoms with E-state index in [4.69, 9.17) is 14.6 Å². The largest absolute Gasteiger partial charge is 0.476 e. The molecule has 19 heavy (non-hydrogen) atoms. The van der Waals surface area contributed by atoms with Crippen LogP contribution in [-0.2, 0) is 0 Å². The molecule has 0 amide bonds. The Bertz CT molecular complexity index is 620. The fourth-order valence-electron chi connectivity index (χ4n) is 1.87. The molecule has 1 heterocycles. The maximum absolute atomic E-state index is 11.0. The molecule has 2 N–H and O–H groups in total. The third-order valence-electron chi connectivity index (χ3n) is 2.72. The molecule has 0 spiro atoms. The summed E-state index contributed by atoms with van der Waals surface area (Å²) in [5.74, 6) is -3.54. The molecule has 2 aromatic rings. The number of aromatic nitrogens is 1. The van der Waals surface area contributed by atoms with E-state index < -0.39 is 23.4 Å². The van der Waals surface area contributed by atoms with Crippen LogP contribution < -0.4 is 0 Å². The van der Waals surface area contributed by atoms with Crippen LogP contribution in [0.1, 0.15) is 32.2 Å². The number of hydrogen-bond donors (Lipinski definition) is 2. The van der Waals surface area contributed by atoms with Gasteiger partial charge in [0, 0.05) is 5.56 Å². The van der Waals surface area contributed by atoms with Crippen molar-refractivity contribution in [3.05, 3.63) is 40.8 Å². The summed E-state index contributed by atoms with van der Waals surface area (Å²) in [6.07, 6.45) is 0. The van der Waals surface area contributed by atoms with E-state index in [1.165, 1.54) is 0 Å². The van der Waals surface area contributed by atoms with Crippen molar-refractivity contribution < 1.29 is 24.2 Å². The predicted octanol–water partition coefficient (Wildman–Crippen LogP) is 2.35. The van der Waals surface area contributed by atoms with Crippen LogP contribution in [0.25, 0.3) is 11.5 Å². The van der Waals surface area contributed by atoms with Crippen LogP contribution in [0.15, 0.2) is 22.6 Å². The number of carboxylic acid groups (broad SMARTS) is 2. The number of carbonyl (C=O) groups is 2. The van der Waals surface area contributed by atoms with Gasteiger partial charge in [0.2, 0.25) is 17.3 Å². The number of rotatable bonds is 3. The van der Waals surface area contributed by atoms with E-state index in [2.05, 4.69) is 4.98 Å². The molecule has 1 aromatic carbocycles. The van der Waals surface area contributed by atoms with Crippen LogP contribution in [0.5, 0.6) is 0 Å². The monoisotopic (exact) mass is 261 g/mol. The fourth-order valence-corrected chi connectivity index (χ4v) is 1.87. The molecule has 0 unspecified atom stereocenters. The molecule has 0 aliphatic carbocycles. The molecular weight excluding hydrogens is 250 g/mol. The highest BCUT2D eigenvalue weighted by atomic mass is 16.4. The summed E-state index contributed by atoms with van der Waals surface area (Å²) in [7, 11) is 0. The van der Waals surface area contributed by atoms with Crippen molar-refractivity contribution in [3.8, 4) is 11.5 Å². The van der Waals surface area contributed by atoms with Gasteiger partial charge < -0.3 is 14.6 Å². The van der Waals surface area contributed by atoms with Gasteiger partial charge in [-0.25, -0.2) is 14.6 Å².